The maximum atomic E-state index is 12.2. The lowest BCUT2D eigenvalue weighted by atomic mass is 10.1. The molecule has 1 N–H and O–H groups in total. The fraction of sp³-hybridized carbons (Fsp3) is 0.333. The average Bonchev–Trinajstić information content (AvgIpc) is 2.26. The molecule has 1 rings (SSSR count). The lowest BCUT2D eigenvalue weighted by molar-refractivity contribution is -0.384. The quantitative estimate of drug-likeness (QED) is 0.524. The number of aryl methyl sites for hydroxylation is 1. The van der Waals surface area contributed by atoms with Gasteiger partial charge < -0.3 is 0 Å². The molecule has 0 saturated heterocycles. The highest BCUT2D eigenvalue weighted by Gasteiger charge is 2.28. The molecule has 0 unspecified atom stereocenters. The lowest BCUT2D eigenvalue weighted by Crippen LogP contribution is -2.42. The Bertz CT molecular complexity index is 705. The smallest absolute Gasteiger partial charge is 0.258 e. The van der Waals surface area contributed by atoms with Crippen molar-refractivity contribution in [3.8, 4) is 12.3 Å². The number of rotatable bonds is 4. The predicted molar refractivity (Wildman–Crippen MR) is 76.1 cm³/mol. The van der Waals surface area contributed by atoms with E-state index in [9.17, 15) is 18.5 Å². The molecule has 0 aliphatic heterocycles. The van der Waals surface area contributed by atoms with Gasteiger partial charge in [-0.1, -0.05) is 17.5 Å². The fourth-order valence-corrected chi connectivity index (χ4v) is 3.37. The molecule has 108 valence electrons. The fourth-order valence-electron chi connectivity index (χ4n) is 1.49. The molecule has 0 amide bonds. The largest absolute Gasteiger partial charge is 0.289 e. The molecule has 0 aliphatic rings. The molecule has 0 bridgehead atoms. The van der Waals surface area contributed by atoms with Crippen molar-refractivity contribution in [2.75, 3.05) is 0 Å². The molecular formula is C12H13ClN2O4S. The van der Waals surface area contributed by atoms with E-state index in [1.165, 1.54) is 26.8 Å². The molecule has 6 nitrogen and oxygen atoms in total. The minimum atomic E-state index is -3.99. The summed E-state index contributed by atoms with van der Waals surface area (Å²) in [5, 5.41) is 10.7. The molecule has 0 saturated carbocycles. The third-order valence-electron chi connectivity index (χ3n) is 2.48. The highest BCUT2D eigenvalue weighted by molar-refractivity contribution is 7.89. The van der Waals surface area contributed by atoms with Gasteiger partial charge in [0, 0.05) is 6.07 Å². The molecule has 0 atom stereocenters. The van der Waals surface area contributed by atoms with Crippen LogP contribution in [0.5, 0.6) is 0 Å². The molecule has 0 spiro atoms. The summed E-state index contributed by atoms with van der Waals surface area (Å²) in [7, 11) is -3.99. The summed E-state index contributed by atoms with van der Waals surface area (Å²) in [5.41, 5.74) is -1.29. The van der Waals surface area contributed by atoms with Gasteiger partial charge in [-0.15, -0.1) is 6.42 Å². The third-order valence-corrected chi connectivity index (χ3v) is 4.58. The topological polar surface area (TPSA) is 89.3 Å². The number of nitro benzene ring substituents is 1. The van der Waals surface area contributed by atoms with Gasteiger partial charge >= 0.3 is 0 Å². The first kappa shape index (κ1) is 16.4. The molecule has 0 aliphatic carbocycles. The van der Waals surface area contributed by atoms with E-state index in [2.05, 4.69) is 10.6 Å². The van der Waals surface area contributed by atoms with Gasteiger partial charge in [0.15, 0.2) is 0 Å². The van der Waals surface area contributed by atoms with E-state index in [-0.39, 0.29) is 9.92 Å². The Morgan fingerprint density at radius 3 is 2.45 bits per heavy atom. The Hall–Kier alpha value is -1.62. The minimum Gasteiger partial charge on any atom is -0.258 e. The lowest BCUT2D eigenvalue weighted by Gasteiger charge is -2.20. The highest BCUT2D eigenvalue weighted by atomic mass is 35.5. The number of hydrogen-bond acceptors (Lipinski definition) is 4. The van der Waals surface area contributed by atoms with E-state index in [1.54, 1.807) is 0 Å². The SMILES string of the molecule is C#CC(C)(C)NS(=O)(=O)c1cc([N+](=O)[O-])c(Cl)cc1C. The summed E-state index contributed by atoms with van der Waals surface area (Å²) in [5.74, 6) is 2.29. The zero-order chi connectivity index (χ0) is 15.7. The van der Waals surface area contributed by atoms with Gasteiger partial charge in [-0.3, -0.25) is 10.1 Å². The Morgan fingerprint density at radius 1 is 1.45 bits per heavy atom. The number of halogens is 1. The van der Waals surface area contributed by atoms with Crippen molar-refractivity contribution in [1.82, 2.24) is 4.72 Å². The van der Waals surface area contributed by atoms with Crippen molar-refractivity contribution < 1.29 is 13.3 Å². The summed E-state index contributed by atoms with van der Waals surface area (Å²) in [6.45, 7) is 4.50. The van der Waals surface area contributed by atoms with Crippen LogP contribution in [0.25, 0.3) is 0 Å². The second-order valence-corrected chi connectivity index (χ2v) is 6.76. The summed E-state index contributed by atoms with van der Waals surface area (Å²) in [6, 6.07) is 2.16. The molecular weight excluding hydrogens is 304 g/mol. The Kier molecular flexibility index (Phi) is 4.44. The number of sulfonamides is 1. The standard InChI is InChI=1S/C12H13ClN2O4S/c1-5-12(3,4)14-20(18,19)11-7-10(15(16)17)9(13)6-8(11)2/h1,6-7,14H,2-4H3. The van der Waals surface area contributed by atoms with Crippen LogP contribution in [0.2, 0.25) is 5.02 Å². The number of terminal acetylenes is 1. The van der Waals surface area contributed by atoms with Crippen LogP contribution in [0.1, 0.15) is 19.4 Å². The van der Waals surface area contributed by atoms with Gasteiger partial charge in [-0.2, -0.15) is 4.72 Å². The van der Waals surface area contributed by atoms with Gasteiger partial charge in [0.25, 0.3) is 5.69 Å². The van der Waals surface area contributed by atoms with Gasteiger partial charge in [-0.25, -0.2) is 8.42 Å². The minimum absolute atomic E-state index is 0.123. The van der Waals surface area contributed by atoms with Crippen LogP contribution >= 0.6 is 11.6 Å². The first-order chi connectivity index (χ1) is 9.00. The van der Waals surface area contributed by atoms with Crippen molar-refractivity contribution >= 4 is 27.3 Å². The first-order valence-electron chi connectivity index (χ1n) is 5.46. The molecule has 1 aromatic carbocycles. The number of nitrogens with one attached hydrogen (secondary N) is 1. The highest BCUT2D eigenvalue weighted by Crippen LogP contribution is 2.30. The monoisotopic (exact) mass is 316 g/mol. The molecule has 0 fully saturated rings. The number of nitrogens with zero attached hydrogens (tertiary/aromatic N) is 1. The number of benzene rings is 1. The van der Waals surface area contributed by atoms with Gasteiger partial charge in [0.2, 0.25) is 10.0 Å². The normalized spacial score (nSPS) is 11.9. The van der Waals surface area contributed by atoms with Crippen LogP contribution in [0.3, 0.4) is 0 Å². The number of hydrogen-bond donors (Lipinski definition) is 1. The van der Waals surface area contributed by atoms with Crippen LogP contribution in [0.15, 0.2) is 17.0 Å². The van der Waals surface area contributed by atoms with E-state index >= 15 is 0 Å². The molecule has 0 aromatic heterocycles. The first-order valence-corrected chi connectivity index (χ1v) is 7.32. The summed E-state index contributed by atoms with van der Waals surface area (Å²) in [4.78, 5) is 9.86. The second-order valence-electron chi connectivity index (χ2n) is 4.70. The van der Waals surface area contributed by atoms with Crippen LogP contribution in [0, 0.1) is 29.4 Å². The summed E-state index contributed by atoms with van der Waals surface area (Å²) in [6.07, 6.45) is 5.23. The van der Waals surface area contributed by atoms with Crippen LogP contribution in [0.4, 0.5) is 5.69 Å². The molecule has 0 radical (unpaired) electrons. The third kappa shape index (κ3) is 3.48. The average molecular weight is 317 g/mol. The molecule has 8 heteroatoms. The van der Waals surface area contributed by atoms with Crippen molar-refractivity contribution in [2.24, 2.45) is 0 Å². The van der Waals surface area contributed by atoms with Crippen molar-refractivity contribution in [3.63, 3.8) is 0 Å². The maximum absolute atomic E-state index is 12.2. The van der Waals surface area contributed by atoms with Crippen LogP contribution in [-0.2, 0) is 10.0 Å². The Balaban J connectivity index is 3.44. The Labute approximate surface area is 122 Å². The zero-order valence-electron chi connectivity index (χ0n) is 11.1. The van der Waals surface area contributed by atoms with Crippen LogP contribution in [-0.4, -0.2) is 18.9 Å². The second kappa shape index (κ2) is 5.40. The van der Waals surface area contributed by atoms with E-state index in [1.807, 2.05) is 0 Å². The Morgan fingerprint density at radius 2 is 2.00 bits per heavy atom. The predicted octanol–water partition coefficient (Wildman–Crippen LogP) is 2.25. The van der Waals surface area contributed by atoms with Crippen molar-refractivity contribution in [2.45, 2.75) is 31.2 Å². The summed E-state index contributed by atoms with van der Waals surface area (Å²) >= 11 is 5.72. The summed E-state index contributed by atoms with van der Waals surface area (Å²) < 4.78 is 26.8. The van der Waals surface area contributed by atoms with E-state index in [4.69, 9.17) is 18.0 Å². The van der Waals surface area contributed by atoms with Gasteiger partial charge in [0.1, 0.15) is 5.02 Å². The number of nitro groups is 1. The molecule has 1 aromatic rings. The molecule has 0 heterocycles. The van der Waals surface area contributed by atoms with Crippen LogP contribution < -0.4 is 4.72 Å². The molecule has 20 heavy (non-hydrogen) atoms. The zero-order valence-corrected chi connectivity index (χ0v) is 12.7. The van der Waals surface area contributed by atoms with E-state index in [0.717, 1.165) is 6.07 Å². The van der Waals surface area contributed by atoms with E-state index < -0.39 is 26.2 Å². The van der Waals surface area contributed by atoms with Crippen molar-refractivity contribution in [1.29, 1.82) is 0 Å². The van der Waals surface area contributed by atoms with Crippen molar-refractivity contribution in [3.05, 3.63) is 32.8 Å². The maximum Gasteiger partial charge on any atom is 0.289 e. The van der Waals surface area contributed by atoms with Gasteiger partial charge in [0.05, 0.1) is 15.4 Å². The van der Waals surface area contributed by atoms with Gasteiger partial charge in [-0.05, 0) is 32.4 Å². The van der Waals surface area contributed by atoms with E-state index in [0.29, 0.717) is 5.56 Å².